The normalized spacial score (nSPS) is 22.1. The Bertz CT molecular complexity index is 729. The number of nitrogens with zero attached hydrogens (tertiary/aromatic N) is 4. The quantitative estimate of drug-likeness (QED) is 0.825. The summed E-state index contributed by atoms with van der Waals surface area (Å²) in [5.74, 6) is 1.34. The van der Waals surface area contributed by atoms with Crippen molar-refractivity contribution in [2.24, 2.45) is 11.3 Å². The highest BCUT2D eigenvalue weighted by Gasteiger charge is 2.49. The molecule has 0 N–H and O–H groups in total. The van der Waals surface area contributed by atoms with Gasteiger partial charge in [0, 0.05) is 57.0 Å². The number of ether oxygens (including phenoxy) is 1. The number of carbonyl (C=O) groups excluding carboxylic acids is 1. The monoisotopic (exact) mass is 372 g/mol. The third-order valence-corrected chi connectivity index (χ3v) is 6.51. The number of aromatic nitrogens is 2. The van der Waals surface area contributed by atoms with Gasteiger partial charge in [0.15, 0.2) is 0 Å². The van der Waals surface area contributed by atoms with E-state index in [0.29, 0.717) is 12.5 Å². The largest absolute Gasteiger partial charge is 0.384 e. The van der Waals surface area contributed by atoms with Gasteiger partial charge in [-0.05, 0) is 35.8 Å². The Hall–Kier alpha value is -1.99. The van der Waals surface area contributed by atoms with Crippen molar-refractivity contribution >= 4 is 23.2 Å². The van der Waals surface area contributed by atoms with Crippen LogP contribution in [-0.4, -0.2) is 60.7 Å². The Kier molecular flexibility index (Phi) is 4.91. The summed E-state index contributed by atoms with van der Waals surface area (Å²) in [5.41, 5.74) is 0.936. The van der Waals surface area contributed by atoms with E-state index >= 15 is 0 Å². The molecule has 138 valence electrons. The molecular weight excluding hydrogens is 348 g/mol. The van der Waals surface area contributed by atoms with Crippen LogP contribution in [0.2, 0.25) is 0 Å². The summed E-state index contributed by atoms with van der Waals surface area (Å²) in [6, 6.07) is 3.76. The number of hydrogen-bond acceptors (Lipinski definition) is 6. The Morgan fingerprint density at radius 2 is 2.12 bits per heavy atom. The molecule has 26 heavy (non-hydrogen) atoms. The lowest BCUT2D eigenvalue weighted by atomic mass is 9.71. The number of rotatable bonds is 4. The highest BCUT2D eigenvalue weighted by atomic mass is 32.1. The van der Waals surface area contributed by atoms with Crippen LogP contribution in [0.3, 0.4) is 0 Å². The Morgan fingerprint density at radius 3 is 2.77 bits per heavy atom. The summed E-state index contributed by atoms with van der Waals surface area (Å²) in [6.45, 7) is 4.15. The number of piperidine rings is 1. The molecule has 0 saturated carbocycles. The molecule has 2 aromatic rings. The van der Waals surface area contributed by atoms with Gasteiger partial charge < -0.3 is 14.5 Å². The van der Waals surface area contributed by atoms with E-state index < -0.39 is 0 Å². The molecule has 0 aliphatic carbocycles. The second kappa shape index (κ2) is 7.32. The van der Waals surface area contributed by atoms with Crippen molar-refractivity contribution in [3.63, 3.8) is 0 Å². The average molecular weight is 372 g/mol. The second-order valence-corrected chi connectivity index (χ2v) is 8.03. The van der Waals surface area contributed by atoms with Crippen molar-refractivity contribution in [3.8, 4) is 0 Å². The fourth-order valence-electron chi connectivity index (χ4n) is 4.36. The summed E-state index contributed by atoms with van der Waals surface area (Å²) < 4.78 is 5.51. The number of amides is 1. The molecule has 6 nitrogen and oxygen atoms in total. The van der Waals surface area contributed by atoms with Gasteiger partial charge in [0.1, 0.15) is 0 Å². The van der Waals surface area contributed by atoms with Crippen molar-refractivity contribution in [1.29, 1.82) is 0 Å². The number of anilines is 1. The topological polar surface area (TPSA) is 58.6 Å². The van der Waals surface area contributed by atoms with Gasteiger partial charge in [0.05, 0.1) is 12.2 Å². The molecule has 4 rings (SSSR count). The van der Waals surface area contributed by atoms with Crippen molar-refractivity contribution < 1.29 is 9.53 Å². The maximum atomic E-state index is 12.8. The van der Waals surface area contributed by atoms with Crippen molar-refractivity contribution in [2.45, 2.75) is 12.8 Å². The predicted octanol–water partition coefficient (Wildman–Crippen LogP) is 2.54. The molecule has 1 spiro atoms. The predicted molar refractivity (Wildman–Crippen MR) is 102 cm³/mol. The lowest BCUT2D eigenvalue weighted by Crippen LogP contribution is -2.46. The van der Waals surface area contributed by atoms with Crippen LogP contribution in [0.5, 0.6) is 0 Å². The molecule has 2 saturated heterocycles. The standard InChI is InChI=1S/C19H24N4O2S/c1-25-12-16-11-23(17(24)15-3-10-26-13-15)14-19(16)4-8-22(9-5-19)18-20-6-2-7-21-18/h2-3,6-7,10,13,16H,4-5,8-9,11-12,14H2,1H3/t16-/m1/s1. The van der Waals surface area contributed by atoms with Gasteiger partial charge >= 0.3 is 0 Å². The van der Waals surface area contributed by atoms with Gasteiger partial charge in [0.25, 0.3) is 5.91 Å². The lowest BCUT2D eigenvalue weighted by Gasteiger charge is -2.42. The molecule has 1 amide bonds. The molecule has 2 aromatic heterocycles. The number of thiophene rings is 1. The fraction of sp³-hybridized carbons (Fsp3) is 0.526. The highest BCUT2D eigenvalue weighted by Crippen LogP contribution is 2.45. The van der Waals surface area contributed by atoms with E-state index in [9.17, 15) is 4.79 Å². The molecule has 2 aliphatic rings. The van der Waals surface area contributed by atoms with E-state index in [4.69, 9.17) is 4.74 Å². The average Bonchev–Trinajstić information content (AvgIpc) is 3.33. The lowest BCUT2D eigenvalue weighted by molar-refractivity contribution is 0.0738. The van der Waals surface area contributed by atoms with E-state index in [1.807, 2.05) is 27.8 Å². The Balaban J connectivity index is 1.48. The summed E-state index contributed by atoms with van der Waals surface area (Å²) in [4.78, 5) is 25.9. The molecule has 2 aliphatic heterocycles. The van der Waals surface area contributed by atoms with E-state index in [0.717, 1.165) is 50.5 Å². The number of methoxy groups -OCH3 is 1. The molecule has 0 unspecified atom stereocenters. The molecule has 2 fully saturated rings. The zero-order valence-corrected chi connectivity index (χ0v) is 15.8. The van der Waals surface area contributed by atoms with Crippen LogP contribution < -0.4 is 4.90 Å². The van der Waals surface area contributed by atoms with Crippen LogP contribution in [0.15, 0.2) is 35.3 Å². The van der Waals surface area contributed by atoms with Crippen molar-refractivity contribution in [1.82, 2.24) is 14.9 Å². The van der Waals surface area contributed by atoms with Gasteiger partial charge in [-0.1, -0.05) is 0 Å². The van der Waals surface area contributed by atoms with Gasteiger partial charge in [0.2, 0.25) is 5.95 Å². The van der Waals surface area contributed by atoms with Gasteiger partial charge in [-0.2, -0.15) is 11.3 Å². The van der Waals surface area contributed by atoms with E-state index in [-0.39, 0.29) is 11.3 Å². The summed E-state index contributed by atoms with van der Waals surface area (Å²) in [7, 11) is 1.75. The van der Waals surface area contributed by atoms with Gasteiger partial charge in [-0.25, -0.2) is 9.97 Å². The third-order valence-electron chi connectivity index (χ3n) is 5.83. The summed E-state index contributed by atoms with van der Waals surface area (Å²) >= 11 is 1.57. The molecule has 0 aromatic carbocycles. The zero-order chi connectivity index (χ0) is 18.0. The molecular formula is C19H24N4O2S. The Morgan fingerprint density at radius 1 is 1.35 bits per heavy atom. The first-order valence-electron chi connectivity index (χ1n) is 9.04. The highest BCUT2D eigenvalue weighted by molar-refractivity contribution is 7.08. The minimum Gasteiger partial charge on any atom is -0.384 e. The van der Waals surface area contributed by atoms with Crippen LogP contribution in [0, 0.1) is 11.3 Å². The SMILES string of the molecule is COC[C@H]1CN(C(=O)c2ccsc2)CC12CCN(c1ncccn1)CC2. The molecule has 7 heteroatoms. The van der Waals surface area contributed by atoms with Crippen LogP contribution in [0.25, 0.3) is 0 Å². The van der Waals surface area contributed by atoms with Crippen LogP contribution >= 0.6 is 11.3 Å². The van der Waals surface area contributed by atoms with E-state index in [2.05, 4.69) is 14.9 Å². The van der Waals surface area contributed by atoms with Crippen LogP contribution in [-0.2, 0) is 4.74 Å². The van der Waals surface area contributed by atoms with Gasteiger partial charge in [-0.15, -0.1) is 0 Å². The van der Waals surface area contributed by atoms with E-state index in [1.54, 1.807) is 30.8 Å². The molecule has 0 bridgehead atoms. The van der Waals surface area contributed by atoms with Crippen LogP contribution in [0.1, 0.15) is 23.2 Å². The Labute approximate surface area is 157 Å². The second-order valence-electron chi connectivity index (χ2n) is 7.25. The molecule has 1 atom stereocenters. The maximum Gasteiger partial charge on any atom is 0.254 e. The zero-order valence-electron chi connectivity index (χ0n) is 15.0. The molecule has 4 heterocycles. The van der Waals surface area contributed by atoms with Crippen LogP contribution in [0.4, 0.5) is 5.95 Å². The minimum absolute atomic E-state index is 0.132. The van der Waals surface area contributed by atoms with Crippen molar-refractivity contribution in [2.75, 3.05) is 44.8 Å². The van der Waals surface area contributed by atoms with Crippen molar-refractivity contribution in [3.05, 3.63) is 40.8 Å². The minimum atomic E-state index is 0.132. The van der Waals surface area contributed by atoms with E-state index in [1.165, 1.54) is 0 Å². The third kappa shape index (κ3) is 3.21. The number of hydrogen-bond donors (Lipinski definition) is 0. The summed E-state index contributed by atoms with van der Waals surface area (Å²) in [6.07, 6.45) is 5.65. The first kappa shape index (κ1) is 17.4. The summed E-state index contributed by atoms with van der Waals surface area (Å²) in [5, 5.41) is 3.90. The maximum absolute atomic E-state index is 12.8. The molecule has 0 radical (unpaired) electrons. The van der Waals surface area contributed by atoms with Gasteiger partial charge in [-0.3, -0.25) is 4.79 Å². The number of carbonyl (C=O) groups is 1. The first-order valence-corrected chi connectivity index (χ1v) is 9.98. The smallest absolute Gasteiger partial charge is 0.254 e. The first-order chi connectivity index (χ1) is 12.7. The number of likely N-dealkylation sites (tertiary alicyclic amines) is 1. The fourth-order valence-corrected chi connectivity index (χ4v) is 4.99.